The molecule has 0 radical (unpaired) electrons. The molecule has 0 unspecified atom stereocenters. The summed E-state index contributed by atoms with van der Waals surface area (Å²) in [7, 11) is 0. The molecule has 2 aromatic rings. The molecule has 0 aliphatic carbocycles. The Balaban J connectivity index is 1.35. The number of β-amino-alcohol motifs (C(OH)–C–C–N with tert-alkyl or cyclic N) is 1. The van der Waals surface area contributed by atoms with Crippen LogP contribution in [0.15, 0.2) is 30.3 Å². The second kappa shape index (κ2) is 8.53. The number of benzene rings is 1. The lowest BCUT2D eigenvalue weighted by Crippen LogP contribution is -2.49. The lowest BCUT2D eigenvalue weighted by atomic mass is 10.2. The molecule has 1 fully saturated rings. The molecule has 24 heavy (non-hydrogen) atoms. The fraction of sp³-hybridized carbons (Fsp3) is 0.529. The molecule has 1 aromatic heterocycles. The van der Waals surface area contributed by atoms with Crippen molar-refractivity contribution in [2.24, 2.45) is 0 Å². The van der Waals surface area contributed by atoms with E-state index in [4.69, 9.17) is 4.74 Å². The van der Waals surface area contributed by atoms with E-state index >= 15 is 0 Å². The van der Waals surface area contributed by atoms with Gasteiger partial charge < -0.3 is 14.7 Å². The predicted molar refractivity (Wildman–Crippen MR) is 95.4 cm³/mol. The number of ether oxygens (including phenoxy) is 1. The third-order valence-corrected chi connectivity index (χ3v) is 4.92. The number of piperazine rings is 1. The van der Waals surface area contributed by atoms with E-state index in [2.05, 4.69) is 19.2 Å². The van der Waals surface area contributed by atoms with Gasteiger partial charge in [0.1, 0.15) is 5.82 Å². The average molecular weight is 348 g/mol. The predicted octanol–water partition coefficient (Wildman–Crippen LogP) is 1.55. The molecule has 1 aromatic carbocycles. The zero-order chi connectivity index (χ0) is 16.8. The Morgan fingerprint density at radius 2 is 1.96 bits per heavy atom. The zero-order valence-corrected chi connectivity index (χ0v) is 14.8. The fourth-order valence-electron chi connectivity index (χ4n) is 2.77. The number of aliphatic hydroxyl groups excluding tert-OH is 1. The van der Waals surface area contributed by atoms with Crippen molar-refractivity contribution in [2.75, 3.05) is 44.2 Å². The van der Waals surface area contributed by atoms with E-state index in [1.54, 1.807) is 0 Å². The molecule has 0 amide bonds. The van der Waals surface area contributed by atoms with Gasteiger partial charge in [0.25, 0.3) is 0 Å². The summed E-state index contributed by atoms with van der Waals surface area (Å²) < 4.78 is 9.85. The Hall–Kier alpha value is -1.54. The Kier molecular flexibility index (Phi) is 6.14. The number of aliphatic hydroxyl groups is 1. The van der Waals surface area contributed by atoms with Gasteiger partial charge in [0, 0.05) is 44.3 Å². The van der Waals surface area contributed by atoms with Crippen molar-refractivity contribution in [3.05, 3.63) is 41.7 Å². The van der Waals surface area contributed by atoms with Crippen molar-refractivity contribution in [1.29, 1.82) is 0 Å². The smallest absolute Gasteiger partial charge is 0.205 e. The molecular weight excluding hydrogens is 324 g/mol. The van der Waals surface area contributed by atoms with Crippen molar-refractivity contribution < 1.29 is 9.84 Å². The Morgan fingerprint density at radius 3 is 2.62 bits per heavy atom. The molecule has 1 saturated heterocycles. The first-order valence-corrected chi connectivity index (χ1v) is 9.05. The SMILES string of the molecule is Cc1nsc(N2CCN(C[C@@H](O)COCc3ccccc3)CC2)n1. The molecule has 0 saturated carbocycles. The van der Waals surface area contributed by atoms with Gasteiger partial charge in [-0.1, -0.05) is 30.3 Å². The van der Waals surface area contributed by atoms with E-state index in [0.29, 0.717) is 19.8 Å². The summed E-state index contributed by atoms with van der Waals surface area (Å²) in [6.07, 6.45) is -0.455. The highest BCUT2D eigenvalue weighted by Gasteiger charge is 2.21. The molecule has 2 heterocycles. The first-order chi connectivity index (χ1) is 11.7. The standard InChI is InChI=1S/C17H24N4O2S/c1-14-18-17(24-19-14)21-9-7-20(8-10-21)11-16(22)13-23-12-15-5-3-2-4-6-15/h2-6,16,22H,7-13H2,1H3/t16-/m1/s1. The van der Waals surface area contributed by atoms with E-state index in [-0.39, 0.29) is 0 Å². The number of anilines is 1. The topological polar surface area (TPSA) is 61.7 Å². The number of nitrogens with zero attached hydrogens (tertiary/aromatic N) is 4. The fourth-order valence-corrected chi connectivity index (χ4v) is 3.50. The van der Waals surface area contributed by atoms with Crippen LogP contribution in [0.3, 0.4) is 0 Å². The maximum Gasteiger partial charge on any atom is 0.205 e. The van der Waals surface area contributed by atoms with Gasteiger partial charge in [0.15, 0.2) is 0 Å². The van der Waals surface area contributed by atoms with E-state index < -0.39 is 6.10 Å². The number of hydrogen-bond acceptors (Lipinski definition) is 7. The van der Waals surface area contributed by atoms with Crippen LogP contribution in [0.2, 0.25) is 0 Å². The number of aryl methyl sites for hydroxylation is 1. The van der Waals surface area contributed by atoms with E-state index in [1.807, 2.05) is 37.3 Å². The van der Waals surface area contributed by atoms with Crippen molar-refractivity contribution in [3.8, 4) is 0 Å². The third kappa shape index (κ3) is 4.98. The van der Waals surface area contributed by atoms with Gasteiger partial charge in [-0.15, -0.1) is 0 Å². The van der Waals surface area contributed by atoms with Crippen LogP contribution in [0.1, 0.15) is 11.4 Å². The summed E-state index contributed by atoms with van der Waals surface area (Å²) in [4.78, 5) is 8.98. The minimum atomic E-state index is -0.455. The second-order valence-electron chi connectivity index (χ2n) is 6.07. The molecule has 130 valence electrons. The third-order valence-electron chi connectivity index (χ3n) is 4.05. The molecule has 6 nitrogen and oxygen atoms in total. The van der Waals surface area contributed by atoms with Gasteiger partial charge in [-0.3, -0.25) is 4.90 Å². The van der Waals surface area contributed by atoms with Gasteiger partial charge in [0.05, 0.1) is 19.3 Å². The highest BCUT2D eigenvalue weighted by Crippen LogP contribution is 2.18. The van der Waals surface area contributed by atoms with Gasteiger partial charge in [-0.2, -0.15) is 4.37 Å². The van der Waals surface area contributed by atoms with Crippen LogP contribution < -0.4 is 4.90 Å². The summed E-state index contributed by atoms with van der Waals surface area (Å²) >= 11 is 1.46. The largest absolute Gasteiger partial charge is 0.389 e. The monoisotopic (exact) mass is 348 g/mol. The Labute approximate surface area is 146 Å². The van der Waals surface area contributed by atoms with Crippen LogP contribution >= 0.6 is 11.5 Å². The van der Waals surface area contributed by atoms with Crippen molar-refractivity contribution in [3.63, 3.8) is 0 Å². The molecule has 3 rings (SSSR count). The maximum atomic E-state index is 10.2. The van der Waals surface area contributed by atoms with Crippen LogP contribution in [-0.2, 0) is 11.3 Å². The minimum absolute atomic E-state index is 0.366. The van der Waals surface area contributed by atoms with Crippen LogP contribution in [0.25, 0.3) is 0 Å². The minimum Gasteiger partial charge on any atom is -0.389 e. The summed E-state index contributed by atoms with van der Waals surface area (Å²) in [5.74, 6) is 0.836. The molecule has 0 bridgehead atoms. The van der Waals surface area contributed by atoms with Gasteiger partial charge >= 0.3 is 0 Å². The van der Waals surface area contributed by atoms with Crippen LogP contribution in [0.5, 0.6) is 0 Å². The molecule has 7 heteroatoms. The molecule has 0 spiro atoms. The summed E-state index contributed by atoms with van der Waals surface area (Å²) in [6.45, 7) is 7.17. The molecule has 1 atom stereocenters. The molecule has 1 aliphatic rings. The van der Waals surface area contributed by atoms with Crippen LogP contribution in [0.4, 0.5) is 5.13 Å². The van der Waals surface area contributed by atoms with Crippen molar-refractivity contribution in [1.82, 2.24) is 14.3 Å². The van der Waals surface area contributed by atoms with Gasteiger partial charge in [-0.05, 0) is 12.5 Å². The van der Waals surface area contributed by atoms with Crippen LogP contribution in [0, 0.1) is 6.92 Å². The number of hydrogen-bond donors (Lipinski definition) is 1. The number of aromatic nitrogens is 2. The number of rotatable bonds is 7. The summed E-state index contributed by atoms with van der Waals surface area (Å²) in [6, 6.07) is 10.0. The molecule has 1 aliphatic heterocycles. The van der Waals surface area contributed by atoms with Gasteiger partial charge in [-0.25, -0.2) is 4.98 Å². The molecular formula is C17H24N4O2S. The van der Waals surface area contributed by atoms with Gasteiger partial charge in [0.2, 0.25) is 5.13 Å². The maximum absolute atomic E-state index is 10.2. The molecule has 1 N–H and O–H groups in total. The quantitative estimate of drug-likeness (QED) is 0.819. The Bertz CT molecular complexity index is 614. The van der Waals surface area contributed by atoms with Crippen molar-refractivity contribution in [2.45, 2.75) is 19.6 Å². The lowest BCUT2D eigenvalue weighted by molar-refractivity contribution is 0.00914. The normalized spacial score (nSPS) is 17.2. The van der Waals surface area contributed by atoms with E-state index in [9.17, 15) is 5.11 Å². The van der Waals surface area contributed by atoms with Crippen LogP contribution in [-0.4, -0.2) is 64.8 Å². The first kappa shape index (κ1) is 17.3. The highest BCUT2D eigenvalue weighted by atomic mass is 32.1. The highest BCUT2D eigenvalue weighted by molar-refractivity contribution is 7.09. The average Bonchev–Trinajstić information content (AvgIpc) is 3.03. The first-order valence-electron chi connectivity index (χ1n) is 8.28. The zero-order valence-electron chi connectivity index (χ0n) is 14.0. The Morgan fingerprint density at radius 1 is 1.21 bits per heavy atom. The van der Waals surface area contributed by atoms with E-state index in [0.717, 1.165) is 42.7 Å². The van der Waals surface area contributed by atoms with E-state index in [1.165, 1.54) is 11.5 Å². The lowest BCUT2D eigenvalue weighted by Gasteiger charge is -2.35. The summed E-state index contributed by atoms with van der Waals surface area (Å²) in [5, 5.41) is 11.2. The van der Waals surface area contributed by atoms with Crippen molar-refractivity contribution >= 4 is 16.7 Å². The summed E-state index contributed by atoms with van der Waals surface area (Å²) in [5.41, 5.74) is 1.13. The second-order valence-corrected chi connectivity index (χ2v) is 6.80.